The van der Waals surface area contributed by atoms with Gasteiger partial charge in [-0.1, -0.05) is 67.6 Å². The number of nitriles is 1. The average Bonchev–Trinajstić information content (AvgIpc) is 1.60. The lowest BCUT2D eigenvalue weighted by Gasteiger charge is -2.13. The molecule has 0 radical (unpaired) electrons. The highest BCUT2D eigenvalue weighted by molar-refractivity contribution is 7.80. The number of carbonyl (C=O) groups excluding carboxylic acids is 1. The fourth-order valence-corrected chi connectivity index (χ4v) is 20.4. The van der Waals surface area contributed by atoms with Crippen molar-refractivity contribution in [3.05, 3.63) is 309 Å². The first-order valence-electron chi connectivity index (χ1n) is 47.5. The summed E-state index contributed by atoms with van der Waals surface area (Å²) in [5.74, 6) is 0.0562. The van der Waals surface area contributed by atoms with Crippen LogP contribution in [-0.2, 0) is 0 Å². The molecule has 29 heteroatoms. The van der Waals surface area contributed by atoms with Gasteiger partial charge in [-0.05, 0) is 301 Å². The highest BCUT2D eigenvalue weighted by atomic mass is 32.1. The highest BCUT2D eigenvalue weighted by Gasteiger charge is 2.26. The van der Waals surface area contributed by atoms with Crippen molar-refractivity contribution in [2.24, 2.45) is 11.5 Å². The molecule has 4 atom stereocenters. The van der Waals surface area contributed by atoms with Gasteiger partial charge in [0.05, 0.1) is 82.9 Å². The summed E-state index contributed by atoms with van der Waals surface area (Å²) < 4.78 is 4.99. The molecular formula is C114H127N19O5S5. The molecule has 0 spiro atoms. The largest absolute Gasteiger partial charge is 0.478 e. The number of aryl methyl sites for hydroxylation is 15. The molecule has 8 aromatic carbocycles. The van der Waals surface area contributed by atoms with Gasteiger partial charge < -0.3 is 54.2 Å². The second-order valence-corrected chi connectivity index (χ2v) is 41.2. The lowest BCUT2D eigenvalue weighted by molar-refractivity contribution is -0.384. The number of amides is 1. The van der Waals surface area contributed by atoms with Crippen molar-refractivity contribution in [2.75, 3.05) is 67.7 Å². The highest BCUT2D eigenvalue weighted by Crippen LogP contribution is 2.44. The van der Waals surface area contributed by atoms with Crippen LogP contribution in [-0.4, -0.2) is 132 Å². The van der Waals surface area contributed by atoms with Crippen LogP contribution in [0.4, 0.5) is 28.4 Å². The number of likely N-dealkylation sites (N-methyl/N-ethyl adjacent to an activating group) is 2. The summed E-state index contributed by atoms with van der Waals surface area (Å²) in [6.07, 6.45) is 0. The summed E-state index contributed by atoms with van der Waals surface area (Å²) in [6.45, 7) is 43.6. The number of rotatable bonds is 11. The van der Waals surface area contributed by atoms with Crippen molar-refractivity contribution in [2.45, 2.75) is 163 Å². The maximum Gasteiger partial charge on any atom is 0.336 e. The number of pyridine rings is 8. The fourth-order valence-electron chi connectivity index (χ4n) is 16.2. The number of hydrogen-bond acceptors (Lipinski definition) is 26. The van der Waals surface area contributed by atoms with E-state index in [9.17, 15) is 19.7 Å². The number of non-ortho nitro benzene ring substituents is 1. The molecule has 24 nitrogen and oxygen atoms in total. The monoisotopic (exact) mass is 2000 g/mol. The summed E-state index contributed by atoms with van der Waals surface area (Å²) in [4.78, 5) is 73.9. The van der Waals surface area contributed by atoms with E-state index >= 15 is 0 Å². The fraction of sp³-hybridized carbons (Fsp3) is 0.272. The molecule has 0 saturated carbocycles. The normalized spacial score (nSPS) is 12.5. The predicted octanol–water partition coefficient (Wildman–Crippen LogP) is 26.2. The van der Waals surface area contributed by atoms with Gasteiger partial charge in [0.25, 0.3) is 11.6 Å². The van der Waals surface area contributed by atoms with E-state index in [-0.39, 0.29) is 23.7 Å². The van der Waals surface area contributed by atoms with Crippen LogP contribution in [0.1, 0.15) is 143 Å². The van der Waals surface area contributed by atoms with Gasteiger partial charge in [0.1, 0.15) is 10.9 Å². The second kappa shape index (κ2) is 49.2. The summed E-state index contributed by atoms with van der Waals surface area (Å²) in [7, 11) is 3.89. The van der Waals surface area contributed by atoms with E-state index in [4.69, 9.17) is 27.6 Å². The SMILES string of the molecule is CCS.CNC(C)CN.CNC(C)CNc1c(C)sc2ccc3nc(C)ccc3c12.Cc1ccc2c(C#N)c(C)ccc2n1.Cc1ccc2c(C(=O)O)c(C)ccc2n1.Cc1ccc2c(C)c(C)ccc2n1.Cc1ccc2c(ccc3sc(C)c(N)c32)n1.Cc1ccc2c(ccc3sc(C)c(NCC(C)N)c32)n1.Cc1ccc2c(ccc3sc4c(c32)NCC(C)NC4=O)n1.Cc1ccc2cc([N+](=O)[O-])ccc2n1. The topological polar surface area (TPSA) is 375 Å². The van der Waals surface area contributed by atoms with E-state index in [0.29, 0.717) is 23.0 Å². The molecule has 4 unspecified atom stereocenters. The first kappa shape index (κ1) is 108. The third kappa shape index (κ3) is 26.5. The number of nitro benzene ring substituents is 1. The number of thiol groups is 1. The molecule has 1 aliphatic heterocycles. The minimum absolute atomic E-state index is 0.0110. The number of nitrogens with zero attached hydrogens (tertiary/aromatic N) is 10. The number of nitrogen functional groups attached to an aromatic ring is 1. The van der Waals surface area contributed by atoms with Crippen molar-refractivity contribution < 1.29 is 19.6 Å². The van der Waals surface area contributed by atoms with Gasteiger partial charge in [0.15, 0.2) is 0 Å². The number of nitrogens with one attached hydrogen (secondary N) is 6. The van der Waals surface area contributed by atoms with E-state index < -0.39 is 10.9 Å². The predicted molar refractivity (Wildman–Crippen MR) is 611 cm³/mol. The summed E-state index contributed by atoms with van der Waals surface area (Å²) in [5.41, 5.74) is 42.8. The number of thiophene rings is 4. The minimum Gasteiger partial charge on any atom is -0.478 e. The van der Waals surface area contributed by atoms with Crippen molar-refractivity contribution in [3.63, 3.8) is 0 Å². The second-order valence-electron chi connectivity index (χ2n) is 35.8. The number of carboxylic acids is 1. The zero-order valence-electron chi connectivity index (χ0n) is 85.3. The zero-order valence-corrected chi connectivity index (χ0v) is 89.4. The molecule has 0 fully saturated rings. The Labute approximate surface area is 856 Å². The van der Waals surface area contributed by atoms with Crippen molar-refractivity contribution in [1.29, 1.82) is 5.26 Å². The lowest BCUT2D eigenvalue weighted by atomic mass is 10.0. The molecule has 13 N–H and O–H groups in total. The van der Waals surface area contributed by atoms with Gasteiger partial charge in [0.2, 0.25) is 0 Å². The van der Waals surface area contributed by atoms with Crippen molar-refractivity contribution >= 4 is 226 Å². The summed E-state index contributed by atoms with van der Waals surface area (Å²) in [6, 6.07) is 68.9. The lowest BCUT2D eigenvalue weighted by Crippen LogP contribution is -2.34. The van der Waals surface area contributed by atoms with Crippen LogP contribution in [0.2, 0.25) is 0 Å². The maximum atomic E-state index is 12.3. The number of nitro groups is 1. The number of hydrogen-bond donors (Lipinski definition) is 11. The Morgan fingerprint density at radius 2 is 0.853 bits per heavy atom. The number of nitrogens with two attached hydrogens (primary N) is 3. The van der Waals surface area contributed by atoms with Gasteiger partial charge in [-0.25, -0.2) is 4.79 Å². The van der Waals surface area contributed by atoms with Gasteiger partial charge in [-0.3, -0.25) is 54.8 Å². The van der Waals surface area contributed by atoms with Gasteiger partial charge in [-0.2, -0.15) is 17.9 Å². The van der Waals surface area contributed by atoms with E-state index in [0.717, 1.165) is 192 Å². The molecule has 12 aromatic heterocycles. The molecule has 20 aromatic rings. The molecule has 1 amide bonds. The Balaban J connectivity index is 0.000000145. The number of benzene rings is 8. The third-order valence-electron chi connectivity index (χ3n) is 24.3. The molecule has 0 bridgehead atoms. The van der Waals surface area contributed by atoms with Crippen LogP contribution in [0.15, 0.2) is 200 Å². The average molecular weight is 2000 g/mol. The summed E-state index contributed by atoms with van der Waals surface area (Å²) in [5, 5.41) is 61.7. The van der Waals surface area contributed by atoms with Crippen LogP contribution in [0, 0.1) is 125 Å². The zero-order chi connectivity index (χ0) is 103. The van der Waals surface area contributed by atoms with Crippen LogP contribution in [0.25, 0.3) is 128 Å². The molecule has 0 aliphatic carbocycles. The maximum absolute atomic E-state index is 12.3. The number of fused-ring (bicyclic) bond motifs is 18. The molecule has 21 rings (SSSR count). The molecule has 1 aliphatic rings. The summed E-state index contributed by atoms with van der Waals surface area (Å²) >= 11 is 10.7. The van der Waals surface area contributed by atoms with E-state index in [1.54, 1.807) is 30.4 Å². The molecular weight excluding hydrogens is 1880 g/mol. The van der Waals surface area contributed by atoms with Gasteiger partial charge in [0, 0.05) is 206 Å². The first-order chi connectivity index (χ1) is 68.3. The Morgan fingerprint density at radius 1 is 0.490 bits per heavy atom. The van der Waals surface area contributed by atoms with Crippen LogP contribution >= 0.6 is 58.0 Å². The Bertz CT molecular complexity index is 8100. The first-order valence-corrected chi connectivity index (χ1v) is 51.4. The van der Waals surface area contributed by atoms with Crippen molar-refractivity contribution in [3.8, 4) is 6.07 Å². The standard InChI is InChI=1S/C17H21N3S.C16H15N3OS.C16H19N3S.C13H12N2S.C12H10N2.C12H11NO2.C12H13N.C10H8N2O2.C4H12N2.C2H6S/c1-10-5-6-13-14(20-10)7-8-15-16(13)17(12(3)21-15)19-9-11(2)18-4;1-8-3-4-10-11(18-8)5-6-12-13(10)14-15(21-12)16(20)19-9(2)7-17-14;1-9(17)8-18-16-11(3)20-14-7-6-13-12(15(14)16)5-4-10(2)19-13;1-7-3-4-9-10(15-7)5-6-11-12(9)13(14)8(2)16-11;1-8-3-6-12-10(11(8)7-13)5-4-9(2)14-12;1-7-3-6-10-9(11(7)12(14)15)5-4-8(2)13-10;1-8-4-7-12-11(10(8)3)6-5-9(2)13-12;1-7-2-3-8-6-9(12(13)14)4-5-10(8)11-7;1-4(3-5)6-2;1-2-3/h5-8,11,18-19H,9H2,1-4H3;3-6,9,17H,7H2,1-2H3,(H,19,20);4-7,9,18H,8,17H2,1-3H3;3-6H,14H2,1-2H3;3-6H,1-2H3;3-6H,1-2H3,(H,14,15);4-7H,1-3H3;2-6H,1H3;4,6H,3,5H2,1-2H3;3H,2H2,1H3. The van der Waals surface area contributed by atoms with E-state index in [2.05, 4.69) is 235 Å². The van der Waals surface area contributed by atoms with Gasteiger partial charge in [-0.15, -0.1) is 45.3 Å². The number of aromatic nitrogens is 8. The Morgan fingerprint density at radius 3 is 1.29 bits per heavy atom. The van der Waals surface area contributed by atoms with Crippen molar-refractivity contribution in [1.82, 2.24) is 55.8 Å². The quantitative estimate of drug-likeness (QED) is 0.0325. The third-order valence-corrected chi connectivity index (χ3v) is 28.6. The van der Waals surface area contributed by atoms with E-state index in [1.165, 1.54) is 102 Å². The smallest absolute Gasteiger partial charge is 0.336 e. The Kier molecular flexibility index (Phi) is 37.1. The number of aromatic carboxylic acids is 1. The number of anilines is 4. The minimum atomic E-state index is -0.899. The molecule has 738 valence electrons. The van der Waals surface area contributed by atoms with Crippen LogP contribution in [0.5, 0.6) is 0 Å². The number of carboxylic acid groups (broad SMARTS) is 1. The van der Waals surface area contributed by atoms with E-state index in [1.807, 2.05) is 200 Å². The van der Waals surface area contributed by atoms with Crippen LogP contribution < -0.4 is 49.1 Å². The molecule has 0 saturated heterocycles. The molecule has 13 heterocycles. The molecule has 143 heavy (non-hydrogen) atoms. The Hall–Kier alpha value is -13.9. The van der Waals surface area contributed by atoms with Crippen LogP contribution in [0.3, 0.4) is 0 Å². The number of carbonyl (C=O) groups is 2. The van der Waals surface area contributed by atoms with Gasteiger partial charge >= 0.3 is 5.97 Å².